The summed E-state index contributed by atoms with van der Waals surface area (Å²) in [6.07, 6.45) is 0. The fourth-order valence-electron chi connectivity index (χ4n) is 3.06. The molecule has 0 aromatic heterocycles. The van der Waals surface area contributed by atoms with E-state index >= 15 is 0 Å². The number of rotatable bonds is 5. The topological polar surface area (TPSA) is 45.2 Å². The molecule has 1 aliphatic rings. The van der Waals surface area contributed by atoms with E-state index in [0.717, 1.165) is 44.2 Å². The molecule has 2 aromatic rings. The molecule has 5 heteroatoms. The third kappa shape index (κ3) is 3.74. The molecule has 1 aliphatic heterocycles. The highest BCUT2D eigenvalue weighted by Gasteiger charge is 2.18. The number of ether oxygens (including phenoxy) is 2. The standard InChI is InChI=1S/C19H24N2O3/c1-23-18-8-3-15(13-19(18)24-2)14-20-9-11-21(12-10-20)16-4-6-17(22)7-5-16/h3-8,13,22H,9-12,14H2,1-2H3. The molecular formula is C19H24N2O3. The van der Waals surface area contributed by atoms with Gasteiger partial charge in [0.25, 0.3) is 0 Å². The van der Waals surface area contributed by atoms with Crippen molar-refractivity contribution in [2.24, 2.45) is 0 Å². The maximum absolute atomic E-state index is 9.40. The molecule has 1 saturated heterocycles. The van der Waals surface area contributed by atoms with E-state index in [2.05, 4.69) is 15.9 Å². The fraction of sp³-hybridized carbons (Fsp3) is 0.368. The maximum Gasteiger partial charge on any atom is 0.161 e. The normalized spacial score (nSPS) is 15.3. The Hall–Kier alpha value is -2.40. The number of nitrogens with zero attached hydrogens (tertiary/aromatic N) is 2. The predicted molar refractivity (Wildman–Crippen MR) is 95.1 cm³/mol. The van der Waals surface area contributed by atoms with E-state index in [1.54, 1.807) is 26.4 Å². The Morgan fingerprint density at radius 2 is 1.54 bits per heavy atom. The molecular weight excluding hydrogens is 304 g/mol. The van der Waals surface area contributed by atoms with Gasteiger partial charge >= 0.3 is 0 Å². The molecule has 2 aromatic carbocycles. The van der Waals surface area contributed by atoms with Crippen LogP contribution in [0.2, 0.25) is 0 Å². The van der Waals surface area contributed by atoms with Crippen molar-refractivity contribution >= 4 is 5.69 Å². The SMILES string of the molecule is COc1ccc(CN2CCN(c3ccc(O)cc3)CC2)cc1OC. The van der Waals surface area contributed by atoms with Gasteiger partial charge < -0.3 is 19.5 Å². The van der Waals surface area contributed by atoms with E-state index in [-0.39, 0.29) is 0 Å². The molecule has 0 unspecified atom stereocenters. The molecule has 1 heterocycles. The lowest BCUT2D eigenvalue weighted by molar-refractivity contribution is 0.249. The first-order chi connectivity index (χ1) is 11.7. The number of phenols is 1. The summed E-state index contributed by atoms with van der Waals surface area (Å²) in [5.41, 5.74) is 2.39. The Morgan fingerprint density at radius 1 is 0.875 bits per heavy atom. The van der Waals surface area contributed by atoms with Gasteiger partial charge in [-0.1, -0.05) is 6.07 Å². The van der Waals surface area contributed by atoms with Crippen molar-refractivity contribution in [1.29, 1.82) is 0 Å². The van der Waals surface area contributed by atoms with Crippen LogP contribution in [0.15, 0.2) is 42.5 Å². The highest BCUT2D eigenvalue weighted by atomic mass is 16.5. The lowest BCUT2D eigenvalue weighted by Crippen LogP contribution is -2.45. The molecule has 128 valence electrons. The Bertz CT molecular complexity index is 665. The van der Waals surface area contributed by atoms with Gasteiger partial charge in [-0.3, -0.25) is 4.90 Å². The Kier molecular flexibility index (Phi) is 5.11. The number of phenolic OH excluding ortho intramolecular Hbond substituents is 1. The number of anilines is 1. The van der Waals surface area contributed by atoms with Gasteiger partial charge in [-0.25, -0.2) is 0 Å². The number of hydrogen-bond donors (Lipinski definition) is 1. The maximum atomic E-state index is 9.40. The van der Waals surface area contributed by atoms with Crippen LogP contribution in [0, 0.1) is 0 Å². The first-order valence-corrected chi connectivity index (χ1v) is 8.17. The molecule has 1 fully saturated rings. The molecule has 0 spiro atoms. The van der Waals surface area contributed by atoms with E-state index in [0.29, 0.717) is 5.75 Å². The zero-order valence-corrected chi connectivity index (χ0v) is 14.2. The molecule has 5 nitrogen and oxygen atoms in total. The number of aromatic hydroxyl groups is 1. The van der Waals surface area contributed by atoms with Crippen LogP contribution in [-0.2, 0) is 6.54 Å². The van der Waals surface area contributed by atoms with Crippen LogP contribution in [-0.4, -0.2) is 50.4 Å². The van der Waals surface area contributed by atoms with Gasteiger partial charge in [-0.05, 0) is 42.0 Å². The van der Waals surface area contributed by atoms with Crippen molar-refractivity contribution in [2.75, 3.05) is 45.3 Å². The van der Waals surface area contributed by atoms with Gasteiger partial charge in [0.1, 0.15) is 5.75 Å². The molecule has 0 atom stereocenters. The Morgan fingerprint density at radius 3 is 2.17 bits per heavy atom. The second-order valence-electron chi connectivity index (χ2n) is 5.97. The molecule has 1 N–H and O–H groups in total. The number of benzene rings is 2. The molecule has 3 rings (SSSR count). The highest BCUT2D eigenvalue weighted by molar-refractivity contribution is 5.49. The van der Waals surface area contributed by atoms with Crippen molar-refractivity contribution < 1.29 is 14.6 Å². The minimum absolute atomic E-state index is 0.311. The summed E-state index contributed by atoms with van der Waals surface area (Å²) in [6, 6.07) is 13.5. The first-order valence-electron chi connectivity index (χ1n) is 8.17. The summed E-state index contributed by atoms with van der Waals surface area (Å²) in [5.74, 6) is 1.85. The second-order valence-corrected chi connectivity index (χ2v) is 5.97. The first kappa shape index (κ1) is 16.5. The second kappa shape index (κ2) is 7.45. The number of hydrogen-bond acceptors (Lipinski definition) is 5. The molecule has 0 bridgehead atoms. The number of methoxy groups -OCH3 is 2. The van der Waals surface area contributed by atoms with Gasteiger partial charge in [-0.2, -0.15) is 0 Å². The van der Waals surface area contributed by atoms with Gasteiger partial charge in [0, 0.05) is 38.4 Å². The van der Waals surface area contributed by atoms with E-state index in [1.165, 1.54) is 11.3 Å². The molecule has 0 saturated carbocycles. The summed E-state index contributed by atoms with van der Waals surface area (Å²) in [4.78, 5) is 4.79. The lowest BCUT2D eigenvalue weighted by Gasteiger charge is -2.36. The number of piperazine rings is 1. The minimum Gasteiger partial charge on any atom is -0.508 e. The van der Waals surface area contributed by atoms with Crippen LogP contribution < -0.4 is 14.4 Å². The van der Waals surface area contributed by atoms with Crippen molar-refractivity contribution in [2.45, 2.75) is 6.54 Å². The Balaban J connectivity index is 1.58. The monoisotopic (exact) mass is 328 g/mol. The summed E-state index contributed by atoms with van der Waals surface area (Å²) in [5, 5.41) is 9.40. The third-order valence-electron chi connectivity index (χ3n) is 4.44. The minimum atomic E-state index is 0.311. The molecule has 24 heavy (non-hydrogen) atoms. The van der Waals surface area contributed by atoms with E-state index in [9.17, 15) is 5.11 Å². The third-order valence-corrected chi connectivity index (χ3v) is 4.44. The summed E-state index contributed by atoms with van der Waals surface area (Å²) in [7, 11) is 3.32. The summed E-state index contributed by atoms with van der Waals surface area (Å²) in [6.45, 7) is 4.89. The Labute approximate surface area is 143 Å². The lowest BCUT2D eigenvalue weighted by atomic mass is 10.1. The molecule has 0 radical (unpaired) electrons. The van der Waals surface area contributed by atoms with Crippen molar-refractivity contribution in [3.8, 4) is 17.2 Å². The average Bonchev–Trinajstić information content (AvgIpc) is 2.63. The summed E-state index contributed by atoms with van der Waals surface area (Å²) < 4.78 is 10.7. The van der Waals surface area contributed by atoms with Gasteiger partial charge in [-0.15, -0.1) is 0 Å². The van der Waals surface area contributed by atoms with Crippen LogP contribution in [0.4, 0.5) is 5.69 Å². The van der Waals surface area contributed by atoms with Gasteiger partial charge in [0.2, 0.25) is 0 Å². The zero-order chi connectivity index (χ0) is 16.9. The summed E-state index contributed by atoms with van der Waals surface area (Å²) >= 11 is 0. The fourth-order valence-corrected chi connectivity index (χ4v) is 3.06. The largest absolute Gasteiger partial charge is 0.508 e. The van der Waals surface area contributed by atoms with Gasteiger partial charge in [0.15, 0.2) is 11.5 Å². The quantitative estimate of drug-likeness (QED) is 0.914. The highest BCUT2D eigenvalue weighted by Crippen LogP contribution is 2.28. The van der Waals surface area contributed by atoms with Crippen molar-refractivity contribution in [1.82, 2.24) is 4.90 Å². The van der Waals surface area contributed by atoms with Crippen molar-refractivity contribution in [3.05, 3.63) is 48.0 Å². The average molecular weight is 328 g/mol. The van der Waals surface area contributed by atoms with Crippen LogP contribution in [0.25, 0.3) is 0 Å². The zero-order valence-electron chi connectivity index (χ0n) is 14.2. The van der Waals surface area contributed by atoms with Crippen LogP contribution in [0.3, 0.4) is 0 Å². The van der Waals surface area contributed by atoms with Crippen LogP contribution >= 0.6 is 0 Å². The van der Waals surface area contributed by atoms with E-state index < -0.39 is 0 Å². The molecule has 0 amide bonds. The molecule has 0 aliphatic carbocycles. The van der Waals surface area contributed by atoms with E-state index in [1.807, 2.05) is 24.3 Å². The van der Waals surface area contributed by atoms with Crippen LogP contribution in [0.1, 0.15) is 5.56 Å². The van der Waals surface area contributed by atoms with Crippen molar-refractivity contribution in [3.63, 3.8) is 0 Å². The van der Waals surface area contributed by atoms with Crippen LogP contribution in [0.5, 0.6) is 17.2 Å². The van der Waals surface area contributed by atoms with E-state index in [4.69, 9.17) is 9.47 Å². The van der Waals surface area contributed by atoms with Gasteiger partial charge in [0.05, 0.1) is 14.2 Å². The predicted octanol–water partition coefficient (Wildman–Crippen LogP) is 2.73. The smallest absolute Gasteiger partial charge is 0.161 e.